The van der Waals surface area contributed by atoms with Crippen molar-refractivity contribution in [1.29, 1.82) is 0 Å². The van der Waals surface area contributed by atoms with Crippen LogP contribution in [0.25, 0.3) is 0 Å². The predicted molar refractivity (Wildman–Crippen MR) is 67.1 cm³/mol. The zero-order valence-corrected chi connectivity index (χ0v) is 11.3. The van der Waals surface area contributed by atoms with Gasteiger partial charge >= 0.3 is 12.1 Å². The van der Waals surface area contributed by atoms with Gasteiger partial charge in [-0.05, 0) is 30.2 Å². The van der Waals surface area contributed by atoms with Crippen molar-refractivity contribution in [3.05, 3.63) is 35.1 Å². The minimum atomic E-state index is -4.55. The van der Waals surface area contributed by atoms with E-state index in [4.69, 9.17) is 5.11 Å². The molecule has 0 spiro atoms. The van der Waals surface area contributed by atoms with Crippen LogP contribution in [0.4, 0.5) is 17.6 Å². The van der Waals surface area contributed by atoms with Crippen LogP contribution in [-0.4, -0.2) is 35.2 Å². The third-order valence-corrected chi connectivity index (χ3v) is 3.84. The van der Waals surface area contributed by atoms with Gasteiger partial charge in [0.1, 0.15) is 5.82 Å². The normalized spacial score (nSPS) is 23.5. The number of benzene rings is 1. The third-order valence-electron chi connectivity index (χ3n) is 3.84. The minimum absolute atomic E-state index is 0.111. The topological polar surface area (TPSA) is 40.5 Å². The number of nitrogens with zero attached hydrogens (tertiary/aromatic N) is 1. The van der Waals surface area contributed by atoms with Gasteiger partial charge in [-0.25, -0.2) is 4.39 Å². The zero-order valence-electron chi connectivity index (χ0n) is 11.3. The molecule has 7 heteroatoms. The summed E-state index contributed by atoms with van der Waals surface area (Å²) < 4.78 is 51.8. The fourth-order valence-electron chi connectivity index (χ4n) is 2.65. The van der Waals surface area contributed by atoms with Crippen molar-refractivity contribution in [1.82, 2.24) is 4.90 Å². The Morgan fingerprint density at radius 3 is 2.57 bits per heavy atom. The van der Waals surface area contributed by atoms with Gasteiger partial charge in [-0.2, -0.15) is 13.2 Å². The minimum Gasteiger partial charge on any atom is -0.481 e. The number of carbonyl (C=O) groups is 1. The standard InChI is InChI=1S/C14H15F4NO2/c1-8-2-3-10(15)4-9(8)5-19-6-11(13(20)21)12(7-19)14(16,17)18/h2-4,11-12H,5-7H2,1H3,(H,20,21)/t11-,12-/m1/s1. The Balaban J connectivity index is 2.16. The quantitative estimate of drug-likeness (QED) is 0.873. The lowest BCUT2D eigenvalue weighted by Gasteiger charge is -2.19. The maximum absolute atomic E-state index is 13.2. The lowest BCUT2D eigenvalue weighted by molar-refractivity contribution is -0.188. The van der Waals surface area contributed by atoms with E-state index in [0.717, 1.165) is 5.56 Å². The molecule has 3 nitrogen and oxygen atoms in total. The van der Waals surface area contributed by atoms with Crippen molar-refractivity contribution in [2.24, 2.45) is 11.8 Å². The molecule has 1 aliphatic heterocycles. The number of alkyl halides is 3. The van der Waals surface area contributed by atoms with E-state index in [2.05, 4.69) is 0 Å². The summed E-state index contributed by atoms with van der Waals surface area (Å²) in [6, 6.07) is 4.10. The van der Waals surface area contributed by atoms with Crippen LogP contribution < -0.4 is 0 Å². The fraction of sp³-hybridized carbons (Fsp3) is 0.500. The van der Waals surface area contributed by atoms with Gasteiger partial charge in [0.15, 0.2) is 0 Å². The molecule has 1 heterocycles. The Kier molecular flexibility index (Phi) is 4.22. The van der Waals surface area contributed by atoms with Crippen molar-refractivity contribution in [2.75, 3.05) is 13.1 Å². The van der Waals surface area contributed by atoms with Gasteiger partial charge in [-0.1, -0.05) is 6.07 Å². The molecule has 0 amide bonds. The predicted octanol–water partition coefficient (Wildman–Crippen LogP) is 2.83. The van der Waals surface area contributed by atoms with Crippen LogP contribution >= 0.6 is 0 Å². The Labute approximate surface area is 119 Å². The number of halogens is 4. The SMILES string of the molecule is Cc1ccc(F)cc1CN1C[C@@H](C(F)(F)F)[C@H](C(=O)O)C1. The number of aliphatic carboxylic acids is 1. The van der Waals surface area contributed by atoms with Crippen LogP contribution in [0.5, 0.6) is 0 Å². The molecular weight excluding hydrogens is 290 g/mol. The van der Waals surface area contributed by atoms with Gasteiger partial charge in [-0.15, -0.1) is 0 Å². The smallest absolute Gasteiger partial charge is 0.393 e. The maximum atomic E-state index is 13.2. The van der Waals surface area contributed by atoms with Crippen molar-refractivity contribution >= 4 is 5.97 Å². The van der Waals surface area contributed by atoms with Crippen molar-refractivity contribution in [3.63, 3.8) is 0 Å². The number of carboxylic acid groups (broad SMARTS) is 1. The monoisotopic (exact) mass is 305 g/mol. The molecule has 1 aromatic rings. The molecule has 1 N–H and O–H groups in total. The maximum Gasteiger partial charge on any atom is 0.393 e. The third kappa shape index (κ3) is 3.53. The van der Waals surface area contributed by atoms with Gasteiger partial charge in [0.05, 0.1) is 11.8 Å². The van der Waals surface area contributed by atoms with Crippen LogP contribution in [0.15, 0.2) is 18.2 Å². The molecule has 0 aromatic heterocycles. The van der Waals surface area contributed by atoms with E-state index in [0.29, 0.717) is 5.56 Å². The van der Waals surface area contributed by atoms with Gasteiger partial charge in [0.2, 0.25) is 0 Å². The highest BCUT2D eigenvalue weighted by molar-refractivity contribution is 5.71. The lowest BCUT2D eigenvalue weighted by atomic mass is 9.96. The van der Waals surface area contributed by atoms with E-state index in [-0.39, 0.29) is 19.6 Å². The average molecular weight is 305 g/mol. The summed E-state index contributed by atoms with van der Waals surface area (Å²) in [6.07, 6.45) is -4.55. The zero-order chi connectivity index (χ0) is 15.8. The van der Waals surface area contributed by atoms with E-state index in [1.54, 1.807) is 13.0 Å². The average Bonchev–Trinajstić information content (AvgIpc) is 2.78. The number of carboxylic acids is 1. The summed E-state index contributed by atoms with van der Waals surface area (Å²) in [5, 5.41) is 8.94. The molecule has 2 rings (SSSR count). The van der Waals surface area contributed by atoms with Gasteiger partial charge in [-0.3, -0.25) is 9.69 Å². The second-order valence-electron chi connectivity index (χ2n) is 5.36. The van der Waals surface area contributed by atoms with E-state index in [1.807, 2.05) is 0 Å². The second kappa shape index (κ2) is 5.63. The summed E-state index contributed by atoms with van der Waals surface area (Å²) in [5.74, 6) is -5.27. The molecule has 1 fully saturated rings. The Bertz CT molecular complexity index is 544. The number of hydrogen-bond acceptors (Lipinski definition) is 2. The molecule has 0 aliphatic carbocycles. The van der Waals surface area contributed by atoms with Crippen LogP contribution in [0.1, 0.15) is 11.1 Å². The molecule has 0 bridgehead atoms. The van der Waals surface area contributed by atoms with Crippen LogP contribution in [0.2, 0.25) is 0 Å². The van der Waals surface area contributed by atoms with Crippen LogP contribution in [-0.2, 0) is 11.3 Å². The molecule has 0 saturated carbocycles. The summed E-state index contributed by atoms with van der Waals surface area (Å²) in [6.45, 7) is 1.28. The highest BCUT2D eigenvalue weighted by Gasteiger charge is 2.52. The highest BCUT2D eigenvalue weighted by Crippen LogP contribution is 2.38. The van der Waals surface area contributed by atoms with Crippen molar-refractivity contribution in [2.45, 2.75) is 19.6 Å². The first-order valence-corrected chi connectivity index (χ1v) is 6.45. The largest absolute Gasteiger partial charge is 0.481 e. The molecule has 1 saturated heterocycles. The first-order chi connectivity index (χ1) is 9.68. The molecule has 21 heavy (non-hydrogen) atoms. The van der Waals surface area contributed by atoms with E-state index >= 15 is 0 Å². The van der Waals surface area contributed by atoms with Gasteiger partial charge in [0, 0.05) is 19.6 Å². The van der Waals surface area contributed by atoms with Crippen molar-refractivity contribution in [3.8, 4) is 0 Å². The van der Waals surface area contributed by atoms with E-state index < -0.39 is 29.8 Å². The molecular formula is C14H15F4NO2. The molecule has 2 atom stereocenters. The lowest BCUT2D eigenvalue weighted by Crippen LogP contribution is -2.33. The molecule has 1 aromatic carbocycles. The summed E-state index contributed by atoms with van der Waals surface area (Å²) >= 11 is 0. The van der Waals surface area contributed by atoms with Gasteiger partial charge < -0.3 is 5.11 Å². The first kappa shape index (κ1) is 15.8. The van der Waals surface area contributed by atoms with E-state index in [1.165, 1.54) is 17.0 Å². The fourth-order valence-corrected chi connectivity index (χ4v) is 2.65. The number of likely N-dealkylation sites (tertiary alicyclic amines) is 1. The molecule has 0 radical (unpaired) electrons. The van der Waals surface area contributed by atoms with Crippen LogP contribution in [0, 0.1) is 24.6 Å². The Morgan fingerprint density at radius 2 is 2.05 bits per heavy atom. The van der Waals surface area contributed by atoms with Crippen molar-refractivity contribution < 1.29 is 27.5 Å². The second-order valence-corrected chi connectivity index (χ2v) is 5.36. The number of rotatable bonds is 3. The number of hydrogen-bond donors (Lipinski definition) is 1. The van der Waals surface area contributed by atoms with Crippen LogP contribution in [0.3, 0.4) is 0 Å². The summed E-state index contributed by atoms with van der Waals surface area (Å²) in [4.78, 5) is 12.4. The first-order valence-electron chi connectivity index (χ1n) is 6.45. The Hall–Kier alpha value is -1.63. The molecule has 116 valence electrons. The molecule has 0 unspecified atom stereocenters. The molecule has 1 aliphatic rings. The summed E-state index contributed by atoms with van der Waals surface area (Å²) in [7, 11) is 0. The van der Waals surface area contributed by atoms with Gasteiger partial charge in [0.25, 0.3) is 0 Å². The summed E-state index contributed by atoms with van der Waals surface area (Å²) in [5.41, 5.74) is 1.33. The Morgan fingerprint density at radius 1 is 1.38 bits per heavy atom. The number of aryl methyl sites for hydroxylation is 1. The highest BCUT2D eigenvalue weighted by atomic mass is 19.4. The van der Waals surface area contributed by atoms with E-state index in [9.17, 15) is 22.4 Å².